The van der Waals surface area contributed by atoms with Crippen LogP contribution in [0, 0.1) is 18.8 Å². The Morgan fingerprint density at radius 2 is 2.04 bits per heavy atom. The normalized spacial score (nSPS) is 11.1. The summed E-state index contributed by atoms with van der Waals surface area (Å²) in [4.78, 5) is 4.67. The van der Waals surface area contributed by atoms with Gasteiger partial charge in [-0.3, -0.25) is 4.68 Å². The van der Waals surface area contributed by atoms with Crippen LogP contribution < -0.4 is 0 Å². The van der Waals surface area contributed by atoms with Gasteiger partial charge in [-0.15, -0.1) is 0 Å². The van der Waals surface area contributed by atoms with Crippen molar-refractivity contribution in [2.75, 3.05) is 14.2 Å². The Hall–Kier alpha value is -2.16. The van der Waals surface area contributed by atoms with Crippen molar-refractivity contribution in [1.29, 1.82) is 0 Å². The lowest BCUT2D eigenvalue weighted by Gasteiger charge is -2.06. The summed E-state index contributed by atoms with van der Waals surface area (Å²) in [6.07, 6.45) is 0.798. The molecule has 0 saturated heterocycles. The molecule has 2 aromatic rings. The molecule has 1 aromatic heterocycles. The monoisotopic (exact) mass is 379 g/mol. The molecular formula is C18H19Cl2N3O2. The highest BCUT2D eigenvalue weighted by molar-refractivity contribution is 6.34. The van der Waals surface area contributed by atoms with Crippen molar-refractivity contribution in [3.63, 3.8) is 0 Å². The van der Waals surface area contributed by atoms with Gasteiger partial charge in [0.15, 0.2) is 0 Å². The topological polar surface area (TPSA) is 48.6 Å². The molecule has 0 fully saturated rings. The first-order chi connectivity index (χ1) is 11.9. The minimum Gasteiger partial charge on any atom is -0.473 e. The van der Waals surface area contributed by atoms with Crippen LogP contribution >= 0.6 is 23.2 Å². The molecule has 0 N–H and O–H groups in total. The zero-order valence-electron chi connectivity index (χ0n) is 14.8. The molecular weight excluding hydrogens is 361 g/mol. The molecule has 0 aliphatic carbocycles. The minimum absolute atomic E-state index is 0.157. The molecule has 0 amide bonds. The van der Waals surface area contributed by atoms with Crippen LogP contribution in [-0.4, -0.2) is 29.9 Å². The van der Waals surface area contributed by atoms with Crippen molar-refractivity contribution >= 4 is 29.1 Å². The van der Waals surface area contributed by atoms with E-state index in [2.05, 4.69) is 26.9 Å². The highest BCUT2D eigenvalue weighted by Gasteiger charge is 2.17. The van der Waals surface area contributed by atoms with Crippen LogP contribution in [-0.2, 0) is 23.0 Å². The zero-order valence-corrected chi connectivity index (χ0v) is 16.3. The van der Waals surface area contributed by atoms with Crippen molar-refractivity contribution in [3.8, 4) is 23.1 Å². The van der Waals surface area contributed by atoms with Gasteiger partial charge in [-0.05, 0) is 36.2 Å². The smallest absolute Gasteiger partial charge is 0.303 e. The lowest BCUT2D eigenvalue weighted by molar-refractivity contribution is 0.201. The number of hydrogen-bond acceptors (Lipinski definition) is 4. The van der Waals surface area contributed by atoms with E-state index in [-0.39, 0.29) is 5.90 Å². The molecule has 25 heavy (non-hydrogen) atoms. The van der Waals surface area contributed by atoms with Crippen molar-refractivity contribution in [3.05, 3.63) is 39.0 Å². The van der Waals surface area contributed by atoms with Gasteiger partial charge in [0.05, 0.1) is 22.8 Å². The molecule has 0 radical (unpaired) electrons. The summed E-state index contributed by atoms with van der Waals surface area (Å²) in [6.45, 7) is 4.00. The fraction of sp³-hybridized carbons (Fsp3) is 0.333. The Labute approximate surface area is 157 Å². The molecule has 0 unspecified atom stereocenters. The van der Waals surface area contributed by atoms with Crippen molar-refractivity contribution in [2.45, 2.75) is 20.3 Å². The van der Waals surface area contributed by atoms with Crippen molar-refractivity contribution < 1.29 is 9.57 Å². The van der Waals surface area contributed by atoms with Gasteiger partial charge in [0, 0.05) is 24.1 Å². The Balaban J connectivity index is 2.56. The molecule has 5 nitrogen and oxygen atoms in total. The van der Waals surface area contributed by atoms with Crippen LogP contribution in [0.3, 0.4) is 0 Å². The maximum Gasteiger partial charge on any atom is 0.303 e. The fourth-order valence-corrected chi connectivity index (χ4v) is 3.09. The van der Waals surface area contributed by atoms with E-state index >= 15 is 0 Å². The summed E-state index contributed by atoms with van der Waals surface area (Å²) in [7, 11) is 4.77. The molecule has 132 valence electrons. The average Bonchev–Trinajstić information content (AvgIpc) is 2.86. The molecule has 1 heterocycles. The van der Waals surface area contributed by atoms with E-state index in [0.717, 1.165) is 28.9 Å². The first-order valence-electron chi connectivity index (χ1n) is 7.61. The first-order valence-corrected chi connectivity index (χ1v) is 8.37. The number of rotatable bonds is 3. The van der Waals surface area contributed by atoms with Gasteiger partial charge in [-0.25, -0.2) is 0 Å². The molecule has 0 atom stereocenters. The fourth-order valence-electron chi connectivity index (χ4n) is 2.43. The van der Waals surface area contributed by atoms with Crippen LogP contribution in [0.1, 0.15) is 23.7 Å². The van der Waals surface area contributed by atoms with Crippen LogP contribution in [0.25, 0.3) is 11.3 Å². The second-order valence-corrected chi connectivity index (χ2v) is 6.05. The number of aryl methyl sites for hydroxylation is 2. The Morgan fingerprint density at radius 1 is 1.32 bits per heavy atom. The Morgan fingerprint density at radius 3 is 2.60 bits per heavy atom. The average molecular weight is 380 g/mol. The summed E-state index contributed by atoms with van der Waals surface area (Å²) in [5, 5.41) is 9.39. The third-order valence-electron chi connectivity index (χ3n) is 3.68. The van der Waals surface area contributed by atoms with Gasteiger partial charge in [-0.2, -0.15) is 5.10 Å². The molecule has 1 aromatic carbocycles. The van der Waals surface area contributed by atoms with E-state index in [9.17, 15) is 0 Å². The second-order valence-electron chi connectivity index (χ2n) is 5.27. The van der Waals surface area contributed by atoms with Gasteiger partial charge in [0.2, 0.25) is 0 Å². The van der Waals surface area contributed by atoms with Gasteiger partial charge in [0.1, 0.15) is 12.8 Å². The van der Waals surface area contributed by atoms with E-state index < -0.39 is 0 Å². The summed E-state index contributed by atoms with van der Waals surface area (Å²) >= 11 is 12.8. The molecule has 0 spiro atoms. The summed E-state index contributed by atoms with van der Waals surface area (Å²) in [5.74, 6) is 5.88. The number of ether oxygens (including phenoxy) is 1. The van der Waals surface area contributed by atoms with Crippen LogP contribution in [0.15, 0.2) is 17.3 Å². The number of aromatic nitrogens is 2. The lowest BCUT2D eigenvalue weighted by atomic mass is 10.0. The summed E-state index contributed by atoms with van der Waals surface area (Å²) < 4.78 is 6.81. The number of hydrogen-bond donors (Lipinski definition) is 0. The van der Waals surface area contributed by atoms with Crippen LogP contribution in [0.4, 0.5) is 0 Å². The SMILES string of the molecule is CCc1c(Cl)c(-c2cc(C#C/C(=N\OC)OC)c(Cl)cc2C)nn1C. The maximum atomic E-state index is 6.51. The lowest BCUT2D eigenvalue weighted by Crippen LogP contribution is -1.98. The molecule has 0 bridgehead atoms. The summed E-state index contributed by atoms with van der Waals surface area (Å²) in [6, 6.07) is 3.72. The Bertz CT molecular complexity index is 877. The summed E-state index contributed by atoms with van der Waals surface area (Å²) in [5.41, 5.74) is 4.18. The molecule has 2 rings (SSSR count). The number of methoxy groups -OCH3 is 1. The van der Waals surface area contributed by atoms with Gasteiger partial charge in [-0.1, -0.05) is 36.0 Å². The highest BCUT2D eigenvalue weighted by atomic mass is 35.5. The second kappa shape index (κ2) is 8.28. The number of nitrogens with zero attached hydrogens (tertiary/aromatic N) is 3. The van der Waals surface area contributed by atoms with Crippen LogP contribution in [0.2, 0.25) is 10.0 Å². The predicted molar refractivity (Wildman–Crippen MR) is 101 cm³/mol. The molecule has 7 heteroatoms. The van der Waals surface area contributed by atoms with E-state index in [0.29, 0.717) is 15.6 Å². The van der Waals surface area contributed by atoms with Gasteiger partial charge >= 0.3 is 5.90 Å². The quantitative estimate of drug-likeness (QED) is 0.347. The van der Waals surface area contributed by atoms with Gasteiger partial charge < -0.3 is 9.57 Å². The minimum atomic E-state index is 0.157. The van der Waals surface area contributed by atoms with Crippen molar-refractivity contribution in [2.24, 2.45) is 12.2 Å². The molecule has 0 saturated carbocycles. The van der Waals surface area contributed by atoms with Gasteiger partial charge in [0.25, 0.3) is 0 Å². The van der Waals surface area contributed by atoms with E-state index in [1.807, 2.05) is 33.0 Å². The number of halogens is 2. The Kier molecular flexibility index (Phi) is 6.35. The number of benzene rings is 1. The third-order valence-corrected chi connectivity index (χ3v) is 4.39. The first kappa shape index (κ1) is 19.2. The predicted octanol–water partition coefficient (Wildman–Crippen LogP) is 4.22. The van der Waals surface area contributed by atoms with Crippen LogP contribution in [0.5, 0.6) is 0 Å². The van der Waals surface area contributed by atoms with E-state index in [1.54, 1.807) is 4.68 Å². The molecule has 0 aliphatic heterocycles. The van der Waals surface area contributed by atoms with E-state index in [4.69, 9.17) is 27.9 Å². The van der Waals surface area contributed by atoms with Crippen molar-refractivity contribution in [1.82, 2.24) is 9.78 Å². The standard InChI is InChI=1S/C18H19Cl2N3O2/c1-6-15-17(20)18(21-23(15)3)13-10-12(14(19)9-11(13)2)7-8-16(24-4)22-25-5/h9-10H,6H2,1-5H3/b22-16+. The largest absolute Gasteiger partial charge is 0.473 e. The molecule has 0 aliphatic rings. The third kappa shape index (κ3) is 4.09. The zero-order chi connectivity index (χ0) is 18.6. The van der Waals surface area contributed by atoms with E-state index in [1.165, 1.54) is 14.2 Å². The number of oxime groups is 1. The highest BCUT2D eigenvalue weighted by Crippen LogP contribution is 2.34. The maximum absolute atomic E-state index is 6.51.